The van der Waals surface area contributed by atoms with Crippen LogP contribution < -0.4 is 14.9 Å². The molecule has 1 fully saturated rings. The van der Waals surface area contributed by atoms with Gasteiger partial charge < -0.3 is 18.8 Å². The molecule has 0 N–H and O–H groups in total. The van der Waals surface area contributed by atoms with E-state index >= 15 is 0 Å². The molecule has 0 aliphatic carbocycles. The van der Waals surface area contributed by atoms with Gasteiger partial charge in [0.05, 0.1) is 30.9 Å². The predicted molar refractivity (Wildman–Crippen MR) is 75.2 cm³/mol. The predicted octanol–water partition coefficient (Wildman–Crippen LogP) is 2.28. The van der Waals surface area contributed by atoms with Crippen LogP contribution in [0.25, 0.3) is 0 Å². The first-order chi connectivity index (χ1) is 9.64. The SMILES string of the molecule is COc1cc(OC)c(F)c(B2OC(C)(C)C(C)(C)O2)c1F. The first-order valence-electron chi connectivity index (χ1n) is 6.60. The Balaban J connectivity index is 2.55. The van der Waals surface area contributed by atoms with Crippen molar-refractivity contribution in [3.8, 4) is 11.5 Å². The van der Waals surface area contributed by atoms with Gasteiger partial charge >= 0.3 is 7.12 Å². The maximum absolute atomic E-state index is 14.4. The van der Waals surface area contributed by atoms with Crippen LogP contribution >= 0.6 is 0 Å². The molecule has 4 nitrogen and oxygen atoms in total. The molecule has 0 unspecified atom stereocenters. The summed E-state index contributed by atoms with van der Waals surface area (Å²) in [6.07, 6.45) is 0. The summed E-state index contributed by atoms with van der Waals surface area (Å²) >= 11 is 0. The lowest BCUT2D eigenvalue weighted by Gasteiger charge is -2.32. The molecule has 0 saturated carbocycles. The van der Waals surface area contributed by atoms with Crippen molar-refractivity contribution in [2.45, 2.75) is 38.9 Å². The van der Waals surface area contributed by atoms with Gasteiger partial charge in [-0.2, -0.15) is 0 Å². The molecule has 1 saturated heterocycles. The third-order valence-corrected chi connectivity index (χ3v) is 4.10. The van der Waals surface area contributed by atoms with Crippen molar-refractivity contribution in [1.29, 1.82) is 0 Å². The molecule has 7 heteroatoms. The lowest BCUT2D eigenvalue weighted by atomic mass is 9.77. The first kappa shape index (κ1) is 16.0. The minimum atomic E-state index is -1.17. The average Bonchev–Trinajstić information content (AvgIpc) is 2.58. The Morgan fingerprint density at radius 3 is 1.62 bits per heavy atom. The number of methoxy groups -OCH3 is 2. The second-order valence-electron chi connectivity index (χ2n) is 5.91. The molecule has 1 aliphatic heterocycles. The number of benzene rings is 1. The minimum Gasteiger partial charge on any atom is -0.494 e. The van der Waals surface area contributed by atoms with Crippen LogP contribution in [0.1, 0.15) is 27.7 Å². The van der Waals surface area contributed by atoms with Gasteiger partial charge in [-0.15, -0.1) is 0 Å². The maximum Gasteiger partial charge on any atom is 0.501 e. The van der Waals surface area contributed by atoms with Gasteiger partial charge in [-0.1, -0.05) is 0 Å². The molecule has 1 heterocycles. The molecule has 0 amide bonds. The van der Waals surface area contributed by atoms with E-state index in [2.05, 4.69) is 0 Å². The molecule has 116 valence electrons. The third kappa shape index (κ3) is 2.49. The van der Waals surface area contributed by atoms with Gasteiger partial charge in [-0.3, -0.25) is 0 Å². The van der Waals surface area contributed by atoms with Crippen molar-refractivity contribution in [3.05, 3.63) is 17.7 Å². The molecule has 0 aromatic heterocycles. The smallest absolute Gasteiger partial charge is 0.494 e. The van der Waals surface area contributed by atoms with Crippen LogP contribution in [0.5, 0.6) is 11.5 Å². The van der Waals surface area contributed by atoms with Gasteiger partial charge in [0.25, 0.3) is 0 Å². The van der Waals surface area contributed by atoms with E-state index in [-0.39, 0.29) is 17.0 Å². The van der Waals surface area contributed by atoms with Crippen LogP contribution in [0.2, 0.25) is 0 Å². The second-order valence-corrected chi connectivity index (χ2v) is 5.91. The summed E-state index contributed by atoms with van der Waals surface area (Å²) in [4.78, 5) is 0. The number of rotatable bonds is 3. The fourth-order valence-corrected chi connectivity index (χ4v) is 2.07. The summed E-state index contributed by atoms with van der Waals surface area (Å²) in [6, 6.07) is 1.15. The highest BCUT2D eigenvalue weighted by molar-refractivity contribution is 6.62. The van der Waals surface area contributed by atoms with Gasteiger partial charge in [0, 0.05) is 6.07 Å². The van der Waals surface area contributed by atoms with Crippen LogP contribution in [-0.4, -0.2) is 32.5 Å². The molecule has 0 bridgehead atoms. The van der Waals surface area contributed by atoms with Gasteiger partial charge in [-0.05, 0) is 27.7 Å². The van der Waals surface area contributed by atoms with Crippen LogP contribution in [-0.2, 0) is 9.31 Å². The van der Waals surface area contributed by atoms with Crippen molar-refractivity contribution >= 4 is 12.6 Å². The number of ether oxygens (including phenoxy) is 2. The summed E-state index contributed by atoms with van der Waals surface area (Å²) in [6.45, 7) is 7.22. The van der Waals surface area contributed by atoms with Gasteiger partial charge in [0.2, 0.25) is 0 Å². The maximum atomic E-state index is 14.4. The fraction of sp³-hybridized carbons (Fsp3) is 0.571. The largest absolute Gasteiger partial charge is 0.501 e. The Hall–Kier alpha value is -1.34. The number of hydrogen-bond acceptors (Lipinski definition) is 4. The minimum absolute atomic E-state index is 0.127. The molecular formula is C14H19BF2O4. The highest BCUT2D eigenvalue weighted by Crippen LogP contribution is 2.38. The van der Waals surface area contributed by atoms with Gasteiger partial charge in [0.1, 0.15) is 0 Å². The molecule has 0 radical (unpaired) electrons. The first-order valence-corrected chi connectivity index (χ1v) is 6.60. The lowest BCUT2D eigenvalue weighted by Crippen LogP contribution is -2.41. The van der Waals surface area contributed by atoms with Crippen molar-refractivity contribution in [3.63, 3.8) is 0 Å². The zero-order chi connectivity index (χ0) is 16.0. The van der Waals surface area contributed by atoms with Crippen LogP contribution in [0, 0.1) is 11.6 Å². The Morgan fingerprint density at radius 1 is 0.905 bits per heavy atom. The number of halogens is 2. The summed E-state index contributed by atoms with van der Waals surface area (Å²) in [5.41, 5.74) is -1.75. The van der Waals surface area contributed by atoms with Crippen molar-refractivity contribution in [2.24, 2.45) is 0 Å². The topological polar surface area (TPSA) is 36.9 Å². The standard InChI is InChI=1S/C14H19BF2O4/c1-13(2)14(3,4)21-15(20-13)10-11(16)8(18-5)7-9(19-6)12(10)17/h7H,1-6H3. The molecule has 0 spiro atoms. The number of hydrogen-bond donors (Lipinski definition) is 0. The van der Waals surface area contributed by atoms with E-state index < -0.39 is 30.0 Å². The zero-order valence-electron chi connectivity index (χ0n) is 13.0. The summed E-state index contributed by atoms with van der Waals surface area (Å²) < 4.78 is 50.1. The Kier molecular flexibility index (Phi) is 3.93. The molecule has 1 aromatic rings. The quantitative estimate of drug-likeness (QED) is 0.803. The highest BCUT2D eigenvalue weighted by Gasteiger charge is 2.53. The lowest BCUT2D eigenvalue weighted by molar-refractivity contribution is 0.00578. The second kappa shape index (κ2) is 5.14. The molecule has 0 atom stereocenters. The Bertz CT molecular complexity index is 516. The fourth-order valence-electron chi connectivity index (χ4n) is 2.07. The van der Waals surface area contributed by atoms with Gasteiger partial charge in [0.15, 0.2) is 23.1 Å². The summed E-state index contributed by atoms with van der Waals surface area (Å²) in [5.74, 6) is -1.96. The van der Waals surface area contributed by atoms with E-state index in [0.717, 1.165) is 6.07 Å². The van der Waals surface area contributed by atoms with Crippen molar-refractivity contribution < 1.29 is 27.6 Å². The normalized spacial score (nSPS) is 19.7. The van der Waals surface area contributed by atoms with E-state index in [0.29, 0.717) is 0 Å². The van der Waals surface area contributed by atoms with E-state index in [1.165, 1.54) is 14.2 Å². The summed E-state index contributed by atoms with van der Waals surface area (Å²) in [7, 11) is 1.42. The Morgan fingerprint density at radius 2 is 1.29 bits per heavy atom. The monoisotopic (exact) mass is 300 g/mol. The van der Waals surface area contributed by atoms with E-state index in [9.17, 15) is 8.78 Å². The van der Waals surface area contributed by atoms with Crippen LogP contribution in [0.4, 0.5) is 8.78 Å². The van der Waals surface area contributed by atoms with Crippen LogP contribution in [0.3, 0.4) is 0 Å². The van der Waals surface area contributed by atoms with E-state index in [1.807, 2.05) is 0 Å². The molecule has 2 rings (SSSR count). The summed E-state index contributed by atoms with van der Waals surface area (Å²) in [5, 5.41) is 0. The molecule has 21 heavy (non-hydrogen) atoms. The molecule has 1 aromatic carbocycles. The van der Waals surface area contributed by atoms with Crippen LogP contribution in [0.15, 0.2) is 6.07 Å². The van der Waals surface area contributed by atoms with Crippen molar-refractivity contribution in [1.82, 2.24) is 0 Å². The van der Waals surface area contributed by atoms with Crippen molar-refractivity contribution in [2.75, 3.05) is 14.2 Å². The highest BCUT2D eigenvalue weighted by atomic mass is 19.1. The molecular weight excluding hydrogens is 281 g/mol. The third-order valence-electron chi connectivity index (χ3n) is 4.10. The zero-order valence-corrected chi connectivity index (χ0v) is 13.0. The van der Waals surface area contributed by atoms with E-state index in [1.54, 1.807) is 27.7 Å². The van der Waals surface area contributed by atoms with E-state index in [4.69, 9.17) is 18.8 Å². The van der Waals surface area contributed by atoms with Gasteiger partial charge in [-0.25, -0.2) is 8.78 Å². The average molecular weight is 300 g/mol. The molecule has 1 aliphatic rings. The Labute approximate surface area is 123 Å².